The summed E-state index contributed by atoms with van der Waals surface area (Å²) in [5, 5.41) is 0. The Morgan fingerprint density at radius 2 is 1.75 bits per heavy atom. The van der Waals surface area contributed by atoms with Crippen molar-refractivity contribution in [3.8, 4) is 0 Å². The number of amides is 2. The normalized spacial score (nSPS) is 23.0. The van der Waals surface area contributed by atoms with Gasteiger partial charge in [-0.15, -0.1) is 0 Å². The number of fused-ring (bicyclic) bond motifs is 1. The summed E-state index contributed by atoms with van der Waals surface area (Å²) in [6, 6.07) is 7.95. The fraction of sp³-hybridized carbons (Fsp3) is 0.231. The van der Waals surface area contributed by atoms with Crippen LogP contribution in [0.1, 0.15) is 23.6 Å². The third-order valence-electron chi connectivity index (χ3n) is 3.26. The van der Waals surface area contributed by atoms with E-state index in [0.29, 0.717) is 0 Å². The van der Waals surface area contributed by atoms with Crippen LogP contribution in [-0.4, -0.2) is 16.7 Å². The molecule has 1 unspecified atom stereocenters. The van der Waals surface area contributed by atoms with Gasteiger partial charge in [0.25, 0.3) is 11.8 Å². The van der Waals surface area contributed by atoms with E-state index in [0.717, 1.165) is 18.4 Å². The van der Waals surface area contributed by atoms with Crippen molar-refractivity contribution in [2.75, 3.05) is 0 Å². The Morgan fingerprint density at radius 3 is 2.50 bits per heavy atom. The second-order valence-corrected chi connectivity index (χ2v) is 4.13. The minimum Gasteiger partial charge on any atom is -0.269 e. The van der Waals surface area contributed by atoms with E-state index >= 15 is 0 Å². The molecule has 1 heterocycles. The second kappa shape index (κ2) is 3.30. The molecule has 1 aromatic carbocycles. The summed E-state index contributed by atoms with van der Waals surface area (Å²) in [6.45, 7) is 0. The minimum atomic E-state index is -0.188. The summed E-state index contributed by atoms with van der Waals surface area (Å²) in [4.78, 5) is 24.6. The van der Waals surface area contributed by atoms with Gasteiger partial charge in [0.2, 0.25) is 0 Å². The number of carbonyl (C=O) groups is 2. The predicted molar refractivity (Wildman–Crippen MR) is 58.5 cm³/mol. The Balaban J connectivity index is 1.99. The van der Waals surface area contributed by atoms with Gasteiger partial charge >= 0.3 is 0 Å². The molecule has 1 aromatic rings. The van der Waals surface area contributed by atoms with Gasteiger partial charge in [0, 0.05) is 12.2 Å². The Morgan fingerprint density at radius 1 is 1.06 bits per heavy atom. The van der Waals surface area contributed by atoms with Gasteiger partial charge in [-0.25, -0.2) is 0 Å². The van der Waals surface area contributed by atoms with Gasteiger partial charge in [0.05, 0.1) is 6.04 Å². The van der Waals surface area contributed by atoms with Crippen LogP contribution < -0.4 is 0 Å². The lowest BCUT2D eigenvalue weighted by atomic mass is 10.1. The number of nitrogens with zero attached hydrogens (tertiary/aromatic N) is 1. The first-order chi connectivity index (χ1) is 7.77. The predicted octanol–water partition coefficient (Wildman–Crippen LogP) is 1.60. The number of hydrogen-bond acceptors (Lipinski definition) is 2. The Bertz CT molecular complexity index is 486. The summed E-state index contributed by atoms with van der Waals surface area (Å²) >= 11 is 0. The van der Waals surface area contributed by atoms with E-state index in [1.54, 1.807) is 0 Å². The smallest absolute Gasteiger partial charge is 0.254 e. The average molecular weight is 213 g/mol. The zero-order chi connectivity index (χ0) is 11.1. The molecular formula is C13H11NO2. The molecule has 2 amide bonds. The van der Waals surface area contributed by atoms with Gasteiger partial charge in [-0.05, 0) is 24.0 Å². The zero-order valence-electron chi connectivity index (χ0n) is 8.72. The van der Waals surface area contributed by atoms with Crippen LogP contribution in [0.3, 0.4) is 0 Å². The van der Waals surface area contributed by atoms with Gasteiger partial charge in [0.1, 0.15) is 0 Å². The van der Waals surface area contributed by atoms with Crippen LogP contribution in [0.25, 0.3) is 0 Å². The molecule has 0 spiro atoms. The topological polar surface area (TPSA) is 37.4 Å². The maximum atomic E-state index is 11.6. The highest BCUT2D eigenvalue weighted by Crippen LogP contribution is 2.36. The van der Waals surface area contributed by atoms with E-state index in [4.69, 9.17) is 0 Å². The van der Waals surface area contributed by atoms with Crippen LogP contribution in [0.5, 0.6) is 0 Å². The number of rotatable bonds is 1. The van der Waals surface area contributed by atoms with Gasteiger partial charge in [-0.3, -0.25) is 14.5 Å². The van der Waals surface area contributed by atoms with Crippen LogP contribution in [0.4, 0.5) is 0 Å². The molecule has 1 aliphatic carbocycles. The van der Waals surface area contributed by atoms with E-state index in [2.05, 4.69) is 6.07 Å². The molecule has 0 saturated heterocycles. The Hall–Kier alpha value is -1.90. The van der Waals surface area contributed by atoms with Gasteiger partial charge in [0.15, 0.2) is 0 Å². The standard InChI is InChI=1S/C13H11NO2/c15-12-7-8-13(16)14(12)11-6-5-9-3-1-2-4-10(9)11/h1-4,7-8,11H,5-6H2. The minimum absolute atomic E-state index is 0.0637. The van der Waals surface area contributed by atoms with Crippen molar-refractivity contribution in [2.24, 2.45) is 0 Å². The van der Waals surface area contributed by atoms with Crippen molar-refractivity contribution in [3.63, 3.8) is 0 Å². The number of imide groups is 1. The van der Waals surface area contributed by atoms with Gasteiger partial charge in [-0.2, -0.15) is 0 Å². The quantitative estimate of drug-likeness (QED) is 0.664. The molecule has 3 heteroatoms. The van der Waals surface area contributed by atoms with Crippen molar-refractivity contribution in [2.45, 2.75) is 18.9 Å². The molecule has 3 nitrogen and oxygen atoms in total. The van der Waals surface area contributed by atoms with Crippen LogP contribution in [0.15, 0.2) is 36.4 Å². The zero-order valence-corrected chi connectivity index (χ0v) is 8.72. The van der Waals surface area contributed by atoms with Crippen molar-refractivity contribution in [3.05, 3.63) is 47.5 Å². The summed E-state index contributed by atoms with van der Waals surface area (Å²) in [5.41, 5.74) is 2.37. The first-order valence-corrected chi connectivity index (χ1v) is 5.40. The van der Waals surface area contributed by atoms with Crippen LogP contribution in [-0.2, 0) is 16.0 Å². The maximum absolute atomic E-state index is 11.6. The highest BCUT2D eigenvalue weighted by Gasteiger charge is 2.35. The van der Waals surface area contributed by atoms with E-state index in [1.807, 2.05) is 18.2 Å². The van der Waals surface area contributed by atoms with Crippen LogP contribution in [0, 0.1) is 0 Å². The maximum Gasteiger partial charge on any atom is 0.254 e. The van der Waals surface area contributed by atoms with Crippen molar-refractivity contribution < 1.29 is 9.59 Å². The molecule has 16 heavy (non-hydrogen) atoms. The monoisotopic (exact) mass is 213 g/mol. The summed E-state index contributed by atoms with van der Waals surface area (Å²) in [5.74, 6) is -0.376. The van der Waals surface area contributed by atoms with Crippen LogP contribution >= 0.6 is 0 Å². The Labute approximate surface area is 93.4 Å². The lowest BCUT2D eigenvalue weighted by molar-refractivity contribution is -0.139. The number of hydrogen-bond donors (Lipinski definition) is 0. The second-order valence-electron chi connectivity index (χ2n) is 4.13. The highest BCUT2D eigenvalue weighted by atomic mass is 16.2. The molecule has 1 atom stereocenters. The van der Waals surface area contributed by atoms with Crippen molar-refractivity contribution in [1.82, 2.24) is 4.90 Å². The lowest BCUT2D eigenvalue weighted by Gasteiger charge is -2.22. The Kier molecular flexibility index (Phi) is 1.93. The van der Waals surface area contributed by atoms with Crippen molar-refractivity contribution in [1.29, 1.82) is 0 Å². The first kappa shape index (κ1) is 9.33. The number of benzene rings is 1. The molecule has 0 radical (unpaired) electrons. The summed E-state index contributed by atoms with van der Waals surface area (Å²) in [6.07, 6.45) is 4.49. The summed E-state index contributed by atoms with van der Waals surface area (Å²) in [7, 11) is 0. The molecule has 3 rings (SSSR count). The van der Waals surface area contributed by atoms with E-state index in [1.165, 1.54) is 22.6 Å². The molecule has 0 N–H and O–H groups in total. The van der Waals surface area contributed by atoms with Crippen LogP contribution in [0.2, 0.25) is 0 Å². The van der Waals surface area contributed by atoms with E-state index < -0.39 is 0 Å². The molecule has 0 saturated carbocycles. The fourth-order valence-corrected chi connectivity index (χ4v) is 2.52. The fourth-order valence-electron chi connectivity index (χ4n) is 2.52. The molecule has 0 bridgehead atoms. The third kappa shape index (κ3) is 1.21. The SMILES string of the molecule is O=C1C=CC(=O)N1C1CCc2ccccc21. The highest BCUT2D eigenvalue weighted by molar-refractivity contribution is 6.13. The van der Waals surface area contributed by atoms with Gasteiger partial charge < -0.3 is 0 Å². The molecule has 80 valence electrons. The molecule has 0 aromatic heterocycles. The average Bonchev–Trinajstić information content (AvgIpc) is 2.83. The largest absolute Gasteiger partial charge is 0.269 e. The molecule has 1 aliphatic heterocycles. The van der Waals surface area contributed by atoms with E-state index in [-0.39, 0.29) is 17.9 Å². The van der Waals surface area contributed by atoms with Gasteiger partial charge in [-0.1, -0.05) is 24.3 Å². The number of carbonyl (C=O) groups excluding carboxylic acids is 2. The van der Waals surface area contributed by atoms with Crippen molar-refractivity contribution >= 4 is 11.8 Å². The third-order valence-corrected chi connectivity index (χ3v) is 3.26. The number of aryl methyl sites for hydroxylation is 1. The van der Waals surface area contributed by atoms with E-state index in [9.17, 15) is 9.59 Å². The lowest BCUT2D eigenvalue weighted by Crippen LogP contribution is -2.33. The molecule has 2 aliphatic rings. The molecular weight excluding hydrogens is 202 g/mol. The summed E-state index contributed by atoms with van der Waals surface area (Å²) < 4.78 is 0. The molecule has 0 fully saturated rings. The first-order valence-electron chi connectivity index (χ1n) is 5.40.